The van der Waals surface area contributed by atoms with Crippen LogP contribution in [0.3, 0.4) is 0 Å². The molecule has 3 heterocycles. The summed E-state index contributed by atoms with van der Waals surface area (Å²) in [4.78, 5) is 11.5. The van der Waals surface area contributed by atoms with Crippen LogP contribution in [0, 0.1) is 11.6 Å². The van der Waals surface area contributed by atoms with Crippen LogP contribution in [0.4, 0.5) is 8.78 Å². The maximum absolute atomic E-state index is 15.2. The van der Waals surface area contributed by atoms with Gasteiger partial charge in [-0.1, -0.05) is 12.1 Å². The number of nitrogens with one attached hydrogen (secondary N) is 2. The quantitative estimate of drug-likeness (QED) is 0.469. The molecule has 196 valence electrons. The molecule has 0 spiro atoms. The van der Waals surface area contributed by atoms with Crippen LogP contribution in [-0.2, 0) is 11.3 Å². The van der Waals surface area contributed by atoms with Gasteiger partial charge in [0.15, 0.2) is 0 Å². The first kappa shape index (κ1) is 25.7. The van der Waals surface area contributed by atoms with E-state index in [1.54, 1.807) is 6.20 Å². The standard InChI is InChI=1S/C28H34F2N6O/c1-19(17-36(31-2)21-6-8-32-9-7-21)27-16-33-26-5-3-4-22(28(26)34-27)20-14-24(29)23(25(30)15-20)18-35-10-12-37-13-11-35/h3-5,14-17,21,31-32H,6-13,18H2,1-2H3. The van der Waals surface area contributed by atoms with E-state index in [1.165, 1.54) is 12.1 Å². The van der Waals surface area contributed by atoms with E-state index in [0.29, 0.717) is 54.5 Å². The Morgan fingerprint density at radius 2 is 1.92 bits per heavy atom. The Balaban J connectivity index is 1.46. The fraction of sp³-hybridized carbons (Fsp3) is 0.429. The molecule has 0 aliphatic carbocycles. The zero-order valence-electron chi connectivity index (χ0n) is 21.4. The van der Waals surface area contributed by atoms with Crippen LogP contribution in [-0.4, -0.2) is 72.4 Å². The van der Waals surface area contributed by atoms with Crippen LogP contribution in [0.15, 0.2) is 42.7 Å². The molecule has 0 bridgehead atoms. The number of morpholine rings is 1. The number of ether oxygens (including phenoxy) is 1. The molecular formula is C28H34F2N6O. The lowest BCUT2D eigenvalue weighted by Crippen LogP contribution is -2.45. The molecule has 0 saturated carbocycles. The Labute approximate surface area is 216 Å². The van der Waals surface area contributed by atoms with E-state index in [2.05, 4.69) is 26.9 Å². The SMILES string of the molecule is CNN(C=C(C)c1cnc2cccc(-c3cc(F)c(CN4CCOCC4)c(F)c3)c2n1)C1CCNCC1. The van der Waals surface area contributed by atoms with Crippen LogP contribution in [0.1, 0.15) is 31.0 Å². The predicted molar refractivity (Wildman–Crippen MR) is 141 cm³/mol. The Bertz CT molecular complexity index is 1250. The molecule has 2 aliphatic heterocycles. The molecule has 37 heavy (non-hydrogen) atoms. The third-order valence-electron chi connectivity index (χ3n) is 7.21. The van der Waals surface area contributed by atoms with Gasteiger partial charge in [-0.25, -0.2) is 19.2 Å². The Morgan fingerprint density at radius 1 is 1.19 bits per heavy atom. The summed E-state index contributed by atoms with van der Waals surface area (Å²) in [5, 5.41) is 5.52. The number of halogens is 2. The van der Waals surface area contributed by atoms with Gasteiger partial charge in [0.2, 0.25) is 0 Å². The predicted octanol–water partition coefficient (Wildman–Crippen LogP) is 3.96. The first-order valence-electron chi connectivity index (χ1n) is 12.9. The van der Waals surface area contributed by atoms with Crippen LogP contribution < -0.4 is 10.7 Å². The third-order valence-corrected chi connectivity index (χ3v) is 7.21. The molecule has 3 aromatic rings. The van der Waals surface area contributed by atoms with Gasteiger partial charge in [0, 0.05) is 50.1 Å². The number of piperidine rings is 1. The summed E-state index contributed by atoms with van der Waals surface area (Å²) in [6, 6.07) is 8.75. The van der Waals surface area contributed by atoms with Gasteiger partial charge in [-0.15, -0.1) is 0 Å². The van der Waals surface area contributed by atoms with Crippen molar-refractivity contribution in [3.63, 3.8) is 0 Å². The minimum Gasteiger partial charge on any atom is -0.379 e. The average Bonchev–Trinajstić information content (AvgIpc) is 2.94. The zero-order valence-corrected chi connectivity index (χ0v) is 21.4. The maximum Gasteiger partial charge on any atom is 0.131 e. The molecule has 2 aromatic carbocycles. The van der Waals surface area contributed by atoms with E-state index in [4.69, 9.17) is 9.72 Å². The number of hydrazine groups is 1. The largest absolute Gasteiger partial charge is 0.379 e. The second kappa shape index (κ2) is 11.6. The molecule has 9 heteroatoms. The summed E-state index contributed by atoms with van der Waals surface area (Å²) in [5.41, 5.74) is 7.44. The first-order valence-corrected chi connectivity index (χ1v) is 12.9. The summed E-state index contributed by atoms with van der Waals surface area (Å²) in [5.74, 6) is -1.10. The Hall–Kier alpha value is -2.98. The number of allylic oxidation sites excluding steroid dienone is 1. The number of hydrogen-bond donors (Lipinski definition) is 2. The molecule has 2 saturated heterocycles. The second-order valence-corrected chi connectivity index (χ2v) is 9.66. The molecule has 1 aromatic heterocycles. The number of benzene rings is 2. The van der Waals surface area contributed by atoms with E-state index in [0.717, 1.165) is 37.2 Å². The highest BCUT2D eigenvalue weighted by atomic mass is 19.1. The lowest BCUT2D eigenvalue weighted by atomic mass is 10.0. The summed E-state index contributed by atoms with van der Waals surface area (Å²) >= 11 is 0. The van der Waals surface area contributed by atoms with Crippen molar-refractivity contribution in [2.75, 3.05) is 46.4 Å². The van der Waals surface area contributed by atoms with E-state index in [1.807, 2.05) is 37.1 Å². The van der Waals surface area contributed by atoms with Crippen molar-refractivity contribution in [1.29, 1.82) is 0 Å². The highest BCUT2D eigenvalue weighted by Gasteiger charge is 2.20. The number of para-hydroxylation sites is 1. The Kier molecular flexibility index (Phi) is 8.05. The van der Waals surface area contributed by atoms with Gasteiger partial charge in [0.05, 0.1) is 36.1 Å². The van der Waals surface area contributed by atoms with Crippen molar-refractivity contribution < 1.29 is 13.5 Å². The van der Waals surface area contributed by atoms with E-state index in [9.17, 15) is 0 Å². The van der Waals surface area contributed by atoms with E-state index < -0.39 is 11.6 Å². The van der Waals surface area contributed by atoms with Crippen molar-refractivity contribution in [2.45, 2.75) is 32.4 Å². The van der Waals surface area contributed by atoms with Crippen LogP contribution in [0.5, 0.6) is 0 Å². The van der Waals surface area contributed by atoms with Crippen molar-refractivity contribution in [2.24, 2.45) is 0 Å². The molecule has 2 N–H and O–H groups in total. The second-order valence-electron chi connectivity index (χ2n) is 9.66. The van der Waals surface area contributed by atoms with Gasteiger partial charge >= 0.3 is 0 Å². The van der Waals surface area contributed by atoms with Crippen molar-refractivity contribution in [3.05, 3.63) is 65.6 Å². The number of nitrogens with zero attached hydrogens (tertiary/aromatic N) is 4. The maximum atomic E-state index is 15.2. The topological polar surface area (TPSA) is 65.5 Å². The van der Waals surface area contributed by atoms with Gasteiger partial charge in [-0.2, -0.15) is 0 Å². The van der Waals surface area contributed by atoms with Crippen LogP contribution in [0.25, 0.3) is 27.7 Å². The van der Waals surface area contributed by atoms with Crippen molar-refractivity contribution >= 4 is 16.6 Å². The van der Waals surface area contributed by atoms with Gasteiger partial charge < -0.3 is 15.1 Å². The number of hydrogen-bond acceptors (Lipinski definition) is 7. The summed E-state index contributed by atoms with van der Waals surface area (Å²) in [7, 11) is 1.92. The van der Waals surface area contributed by atoms with Gasteiger partial charge in [-0.05, 0) is 62.2 Å². The van der Waals surface area contributed by atoms with Crippen molar-refractivity contribution in [3.8, 4) is 11.1 Å². The minimum absolute atomic E-state index is 0.0847. The normalized spacial score (nSPS) is 17.9. The molecular weight excluding hydrogens is 474 g/mol. The highest BCUT2D eigenvalue weighted by Crippen LogP contribution is 2.31. The Morgan fingerprint density at radius 3 is 2.62 bits per heavy atom. The highest BCUT2D eigenvalue weighted by molar-refractivity contribution is 5.92. The lowest BCUT2D eigenvalue weighted by molar-refractivity contribution is 0.0332. The number of fused-ring (bicyclic) bond motifs is 1. The molecule has 7 nitrogen and oxygen atoms in total. The molecule has 2 fully saturated rings. The smallest absolute Gasteiger partial charge is 0.131 e. The monoisotopic (exact) mass is 508 g/mol. The molecule has 5 rings (SSSR count). The summed E-state index contributed by atoms with van der Waals surface area (Å²) in [6.45, 7) is 6.70. The molecule has 0 amide bonds. The first-order chi connectivity index (χ1) is 18.0. The summed E-state index contributed by atoms with van der Waals surface area (Å²) < 4.78 is 35.7. The fourth-order valence-electron chi connectivity index (χ4n) is 5.06. The zero-order chi connectivity index (χ0) is 25.8. The molecule has 0 unspecified atom stereocenters. The van der Waals surface area contributed by atoms with Gasteiger partial charge in [-0.3, -0.25) is 9.88 Å². The molecule has 0 atom stereocenters. The number of rotatable bonds is 7. The van der Waals surface area contributed by atoms with Crippen LogP contribution >= 0.6 is 0 Å². The summed E-state index contributed by atoms with van der Waals surface area (Å²) in [6.07, 6.45) is 5.92. The number of aromatic nitrogens is 2. The van der Waals surface area contributed by atoms with Gasteiger partial charge in [0.25, 0.3) is 0 Å². The third kappa shape index (κ3) is 5.80. The van der Waals surface area contributed by atoms with Crippen LogP contribution in [0.2, 0.25) is 0 Å². The van der Waals surface area contributed by atoms with Gasteiger partial charge in [0.1, 0.15) is 11.6 Å². The lowest BCUT2D eigenvalue weighted by Gasteiger charge is -2.33. The van der Waals surface area contributed by atoms with E-state index >= 15 is 8.78 Å². The van der Waals surface area contributed by atoms with E-state index in [-0.39, 0.29) is 12.1 Å². The minimum atomic E-state index is -0.551. The molecule has 0 radical (unpaired) electrons. The van der Waals surface area contributed by atoms with Crippen molar-refractivity contribution in [1.82, 2.24) is 30.6 Å². The average molecular weight is 509 g/mol. The fourth-order valence-corrected chi connectivity index (χ4v) is 5.06. The molecule has 2 aliphatic rings.